The van der Waals surface area contributed by atoms with Crippen molar-refractivity contribution in [3.63, 3.8) is 0 Å². The van der Waals surface area contributed by atoms with Gasteiger partial charge in [-0.15, -0.1) is 0 Å². The Hall–Kier alpha value is -1.89. The SMILES string of the molecule is O=C(O)N1CCC(n2ncc(Br)c2-c2ccncc2)CC1. The topological polar surface area (TPSA) is 71.2 Å². The minimum Gasteiger partial charge on any atom is -0.465 e. The number of likely N-dealkylation sites (tertiary alicyclic amines) is 1. The van der Waals surface area contributed by atoms with E-state index < -0.39 is 6.09 Å². The van der Waals surface area contributed by atoms with Crippen LogP contribution in [0, 0.1) is 0 Å². The Bertz CT molecular complexity index is 636. The molecule has 1 saturated heterocycles. The average Bonchev–Trinajstić information content (AvgIpc) is 2.90. The van der Waals surface area contributed by atoms with E-state index in [1.807, 2.05) is 16.8 Å². The van der Waals surface area contributed by atoms with Crippen LogP contribution in [-0.2, 0) is 0 Å². The van der Waals surface area contributed by atoms with E-state index in [0.29, 0.717) is 13.1 Å². The van der Waals surface area contributed by atoms with Crippen LogP contribution in [0.25, 0.3) is 11.3 Å². The van der Waals surface area contributed by atoms with Gasteiger partial charge in [-0.3, -0.25) is 9.67 Å². The molecule has 110 valence electrons. The van der Waals surface area contributed by atoms with Gasteiger partial charge in [-0.25, -0.2) is 4.79 Å². The van der Waals surface area contributed by atoms with Crippen molar-refractivity contribution in [1.82, 2.24) is 19.7 Å². The quantitative estimate of drug-likeness (QED) is 0.903. The maximum Gasteiger partial charge on any atom is 0.407 e. The largest absolute Gasteiger partial charge is 0.465 e. The van der Waals surface area contributed by atoms with E-state index in [1.54, 1.807) is 18.6 Å². The first-order chi connectivity index (χ1) is 10.2. The van der Waals surface area contributed by atoms with Crippen molar-refractivity contribution in [3.8, 4) is 11.3 Å². The van der Waals surface area contributed by atoms with Gasteiger partial charge in [0.1, 0.15) is 0 Å². The van der Waals surface area contributed by atoms with Crippen LogP contribution in [0.5, 0.6) is 0 Å². The highest BCUT2D eigenvalue weighted by Crippen LogP contribution is 2.33. The summed E-state index contributed by atoms with van der Waals surface area (Å²) in [7, 11) is 0. The number of hydrogen-bond donors (Lipinski definition) is 1. The third-order valence-electron chi connectivity index (χ3n) is 3.79. The number of piperidine rings is 1. The van der Waals surface area contributed by atoms with Crippen LogP contribution in [0.15, 0.2) is 35.2 Å². The number of halogens is 1. The molecule has 0 aromatic carbocycles. The highest BCUT2D eigenvalue weighted by molar-refractivity contribution is 9.10. The fourth-order valence-corrected chi connectivity index (χ4v) is 3.20. The number of rotatable bonds is 2. The molecule has 1 aliphatic rings. The summed E-state index contributed by atoms with van der Waals surface area (Å²) in [5, 5.41) is 13.5. The average molecular weight is 351 g/mol. The fraction of sp³-hybridized carbons (Fsp3) is 0.357. The van der Waals surface area contributed by atoms with Crippen LogP contribution in [0.1, 0.15) is 18.9 Å². The molecule has 0 unspecified atom stereocenters. The second-order valence-corrected chi connectivity index (χ2v) is 5.88. The highest BCUT2D eigenvalue weighted by Gasteiger charge is 2.26. The van der Waals surface area contributed by atoms with Gasteiger partial charge < -0.3 is 10.0 Å². The molecule has 7 heteroatoms. The summed E-state index contributed by atoms with van der Waals surface area (Å²) in [5.41, 5.74) is 2.07. The molecule has 0 radical (unpaired) electrons. The molecule has 0 bridgehead atoms. The molecule has 21 heavy (non-hydrogen) atoms. The first-order valence-electron chi connectivity index (χ1n) is 6.78. The lowest BCUT2D eigenvalue weighted by atomic mass is 10.0. The van der Waals surface area contributed by atoms with Gasteiger partial charge in [-0.05, 0) is 40.9 Å². The zero-order chi connectivity index (χ0) is 14.8. The van der Waals surface area contributed by atoms with Crippen molar-refractivity contribution in [2.45, 2.75) is 18.9 Å². The summed E-state index contributed by atoms with van der Waals surface area (Å²) in [5.74, 6) is 0. The van der Waals surface area contributed by atoms with E-state index in [0.717, 1.165) is 28.6 Å². The van der Waals surface area contributed by atoms with Crippen LogP contribution in [-0.4, -0.2) is 44.0 Å². The molecule has 6 nitrogen and oxygen atoms in total. The van der Waals surface area contributed by atoms with Crippen molar-refractivity contribution in [2.75, 3.05) is 13.1 Å². The lowest BCUT2D eigenvalue weighted by Gasteiger charge is -2.31. The number of pyridine rings is 1. The van der Waals surface area contributed by atoms with Crippen LogP contribution in [0.2, 0.25) is 0 Å². The summed E-state index contributed by atoms with van der Waals surface area (Å²) >= 11 is 3.55. The lowest BCUT2D eigenvalue weighted by molar-refractivity contribution is 0.124. The molecule has 2 aromatic rings. The summed E-state index contributed by atoms with van der Waals surface area (Å²) in [6, 6.07) is 4.12. The molecule has 1 N–H and O–H groups in total. The predicted molar refractivity (Wildman–Crippen MR) is 81.0 cm³/mol. The van der Waals surface area contributed by atoms with E-state index in [9.17, 15) is 4.79 Å². The van der Waals surface area contributed by atoms with Crippen molar-refractivity contribution in [1.29, 1.82) is 0 Å². The second-order valence-electron chi connectivity index (χ2n) is 5.02. The third kappa shape index (κ3) is 2.78. The molecular weight excluding hydrogens is 336 g/mol. The van der Waals surface area contributed by atoms with Gasteiger partial charge in [-0.2, -0.15) is 5.10 Å². The molecule has 3 rings (SSSR count). The molecule has 0 atom stereocenters. The van der Waals surface area contributed by atoms with E-state index in [2.05, 4.69) is 26.0 Å². The van der Waals surface area contributed by atoms with Gasteiger partial charge in [-0.1, -0.05) is 0 Å². The van der Waals surface area contributed by atoms with Gasteiger partial charge in [0.15, 0.2) is 0 Å². The fourth-order valence-electron chi connectivity index (χ4n) is 2.70. The summed E-state index contributed by atoms with van der Waals surface area (Å²) in [4.78, 5) is 16.5. The van der Waals surface area contributed by atoms with Crippen molar-refractivity contribution >= 4 is 22.0 Å². The van der Waals surface area contributed by atoms with Crippen LogP contribution < -0.4 is 0 Å². The Morgan fingerprint density at radius 1 is 1.29 bits per heavy atom. The number of hydrogen-bond acceptors (Lipinski definition) is 3. The number of carbonyl (C=O) groups is 1. The first kappa shape index (κ1) is 14.1. The zero-order valence-corrected chi connectivity index (χ0v) is 12.9. The van der Waals surface area contributed by atoms with Gasteiger partial charge in [0.05, 0.1) is 22.4 Å². The van der Waals surface area contributed by atoms with E-state index in [-0.39, 0.29) is 6.04 Å². The maximum atomic E-state index is 11.0. The molecule has 0 saturated carbocycles. The van der Waals surface area contributed by atoms with Crippen molar-refractivity contribution < 1.29 is 9.90 Å². The normalized spacial score (nSPS) is 16.1. The highest BCUT2D eigenvalue weighted by atomic mass is 79.9. The van der Waals surface area contributed by atoms with Gasteiger partial charge in [0.2, 0.25) is 0 Å². The summed E-state index contributed by atoms with van der Waals surface area (Å²) in [6.07, 6.45) is 6.01. The number of carboxylic acid groups (broad SMARTS) is 1. The number of nitrogens with zero attached hydrogens (tertiary/aromatic N) is 4. The second kappa shape index (κ2) is 5.85. The molecule has 0 aliphatic carbocycles. The lowest BCUT2D eigenvalue weighted by Crippen LogP contribution is -2.38. The minimum atomic E-state index is -0.843. The monoisotopic (exact) mass is 350 g/mol. The Morgan fingerprint density at radius 3 is 2.57 bits per heavy atom. The Kier molecular flexibility index (Phi) is 3.92. The maximum absolute atomic E-state index is 11.0. The molecule has 1 amide bonds. The van der Waals surface area contributed by atoms with Crippen LogP contribution in [0.4, 0.5) is 4.79 Å². The first-order valence-corrected chi connectivity index (χ1v) is 7.57. The van der Waals surface area contributed by atoms with E-state index in [4.69, 9.17) is 5.11 Å². The Labute approximate surface area is 130 Å². The van der Waals surface area contributed by atoms with Crippen LogP contribution in [0.3, 0.4) is 0 Å². The minimum absolute atomic E-state index is 0.218. The molecule has 1 aliphatic heterocycles. The summed E-state index contributed by atoms with van der Waals surface area (Å²) < 4.78 is 2.94. The van der Waals surface area contributed by atoms with Gasteiger partial charge >= 0.3 is 6.09 Å². The molecule has 3 heterocycles. The predicted octanol–water partition coefficient (Wildman–Crippen LogP) is 3.02. The third-order valence-corrected chi connectivity index (χ3v) is 4.37. The molecule has 2 aromatic heterocycles. The van der Waals surface area contributed by atoms with Crippen molar-refractivity contribution in [2.24, 2.45) is 0 Å². The van der Waals surface area contributed by atoms with Crippen molar-refractivity contribution in [3.05, 3.63) is 35.2 Å². The summed E-state index contributed by atoms with van der Waals surface area (Å²) in [6.45, 7) is 1.10. The molecule has 0 spiro atoms. The van der Waals surface area contributed by atoms with E-state index >= 15 is 0 Å². The van der Waals surface area contributed by atoms with Gasteiger partial charge in [0, 0.05) is 31.0 Å². The van der Waals surface area contributed by atoms with Crippen LogP contribution >= 0.6 is 15.9 Å². The standard InChI is InChI=1S/C14H15BrN4O2/c15-12-9-17-19(13(12)10-1-5-16-6-2-10)11-3-7-18(8-4-11)14(20)21/h1-2,5-6,9,11H,3-4,7-8H2,(H,20,21). The molecular formula is C14H15BrN4O2. The molecule has 1 fully saturated rings. The zero-order valence-electron chi connectivity index (χ0n) is 11.3. The van der Waals surface area contributed by atoms with Gasteiger partial charge in [0.25, 0.3) is 0 Å². The smallest absolute Gasteiger partial charge is 0.407 e. The Morgan fingerprint density at radius 2 is 1.95 bits per heavy atom. The number of aromatic nitrogens is 3. The number of amides is 1. The Balaban J connectivity index is 1.86. The van der Waals surface area contributed by atoms with E-state index in [1.165, 1.54) is 4.90 Å².